The molecule has 0 aliphatic carbocycles. The predicted molar refractivity (Wildman–Crippen MR) is 93.6 cm³/mol. The van der Waals surface area contributed by atoms with Crippen LogP contribution >= 0.6 is 0 Å². The van der Waals surface area contributed by atoms with Crippen molar-refractivity contribution in [3.8, 4) is 0 Å². The van der Waals surface area contributed by atoms with Crippen LogP contribution in [0.5, 0.6) is 0 Å². The number of nitrogens with zero attached hydrogens (tertiary/aromatic N) is 1. The number of nitrogens with one attached hydrogen (secondary N) is 1. The first-order valence-corrected chi connectivity index (χ1v) is 8.28. The molecule has 0 bridgehead atoms. The number of hydrogen-bond donors (Lipinski definition) is 3. The lowest BCUT2D eigenvalue weighted by Gasteiger charge is -2.24. The summed E-state index contributed by atoms with van der Waals surface area (Å²) < 4.78 is 5.24. The molecule has 8 heteroatoms. The fourth-order valence-corrected chi connectivity index (χ4v) is 2.95. The first-order valence-electron chi connectivity index (χ1n) is 8.28. The highest BCUT2D eigenvalue weighted by Crippen LogP contribution is 2.20. The van der Waals surface area contributed by atoms with Gasteiger partial charge in [-0.3, -0.25) is 4.79 Å². The number of hydrogen-bond acceptors (Lipinski definition) is 5. The van der Waals surface area contributed by atoms with E-state index in [4.69, 9.17) is 4.74 Å². The van der Waals surface area contributed by atoms with Crippen LogP contribution in [0.4, 0.5) is 4.79 Å². The second kappa shape index (κ2) is 9.24. The molecule has 2 atom stereocenters. The number of rotatable bonds is 7. The molecule has 1 aliphatic heterocycles. The molecule has 3 N–H and O–H groups in total. The highest BCUT2D eigenvalue weighted by Gasteiger charge is 2.29. The van der Waals surface area contributed by atoms with Crippen LogP contribution in [0.3, 0.4) is 0 Å². The molecule has 1 saturated heterocycles. The third-order valence-corrected chi connectivity index (χ3v) is 4.18. The molecule has 134 valence electrons. The summed E-state index contributed by atoms with van der Waals surface area (Å²) in [5.74, 6) is -0.169. The molecule has 0 radical (unpaired) electrons. The van der Waals surface area contributed by atoms with Gasteiger partial charge in [0.2, 0.25) is 5.91 Å². The zero-order valence-corrected chi connectivity index (χ0v) is 14.0. The van der Waals surface area contributed by atoms with Crippen LogP contribution in [0.1, 0.15) is 24.4 Å². The summed E-state index contributed by atoms with van der Waals surface area (Å²) in [6.45, 7) is 4.20. The fraction of sp³-hybridized carbons (Fsp3) is 0.412. The van der Waals surface area contributed by atoms with Crippen molar-refractivity contribution in [2.75, 3.05) is 13.2 Å². The summed E-state index contributed by atoms with van der Waals surface area (Å²) >= 11 is 0. The van der Waals surface area contributed by atoms with Crippen molar-refractivity contribution in [1.29, 1.82) is 0 Å². The second-order valence-corrected chi connectivity index (χ2v) is 5.95. The van der Waals surface area contributed by atoms with E-state index in [2.05, 4.69) is 11.9 Å². The normalized spacial score (nSPS) is 17.7. The number of ether oxygens (including phenoxy) is 1. The summed E-state index contributed by atoms with van der Waals surface area (Å²) in [5, 5.41) is 21.1. The zero-order chi connectivity index (χ0) is 18.2. The van der Waals surface area contributed by atoms with E-state index in [1.54, 1.807) is 29.2 Å². The monoisotopic (exact) mass is 346 g/mol. The number of benzene rings is 1. The summed E-state index contributed by atoms with van der Waals surface area (Å²) in [6, 6.07) is 8.27. The first kappa shape index (κ1) is 19.0. The van der Waals surface area contributed by atoms with E-state index >= 15 is 0 Å². The Balaban J connectivity index is 1.90. The minimum absolute atomic E-state index is 0.0520. The third-order valence-electron chi connectivity index (χ3n) is 4.18. The Morgan fingerprint density at radius 1 is 1.40 bits per heavy atom. The van der Waals surface area contributed by atoms with Crippen LogP contribution in [-0.4, -0.2) is 53.3 Å². The Morgan fingerprint density at radius 2 is 2.12 bits per heavy atom. The van der Waals surface area contributed by atoms with Crippen molar-refractivity contribution in [3.63, 3.8) is 0 Å². The Hall–Kier alpha value is -2.32. The van der Waals surface area contributed by atoms with Gasteiger partial charge in [0.05, 0.1) is 12.1 Å². The van der Waals surface area contributed by atoms with Crippen molar-refractivity contribution in [2.45, 2.75) is 31.2 Å². The van der Waals surface area contributed by atoms with Gasteiger partial charge in [0, 0.05) is 12.9 Å². The lowest BCUT2D eigenvalue weighted by molar-refractivity contribution is -0.127. The van der Waals surface area contributed by atoms with Crippen molar-refractivity contribution < 1.29 is 24.4 Å². The van der Waals surface area contributed by atoms with Gasteiger partial charge in [-0.2, -0.15) is 0 Å². The van der Waals surface area contributed by atoms with E-state index in [0.717, 1.165) is 18.4 Å². The minimum atomic E-state index is -1.55. The topological polar surface area (TPSA) is 99.1 Å². The molecule has 0 spiro atoms. The molecule has 0 saturated carbocycles. The van der Waals surface area contributed by atoms with Crippen LogP contribution in [0.15, 0.2) is 43.0 Å². The lowest BCUT2D eigenvalue weighted by Crippen LogP contribution is -2.39. The highest BCUT2D eigenvalue weighted by atomic mass is 16.5. The van der Waals surface area contributed by atoms with E-state index in [1.165, 1.54) is 6.08 Å². The molecule has 1 fully saturated rings. The standard InChI is InChI=1S/C17H23BN2O5/c1-2-16(21)20-10-6-9-14(20)12-25-17(22)19-15(11-18(23)24)13-7-4-3-5-8-13/h2-5,7-8,14-15,23-24H,1,6,9-12H2,(H,19,22)/t14-,15-/m1/s1. The molecule has 1 aromatic carbocycles. The zero-order valence-electron chi connectivity index (χ0n) is 14.0. The van der Waals surface area contributed by atoms with Gasteiger partial charge in [0.1, 0.15) is 6.61 Å². The SMILES string of the molecule is C=CC(=O)N1CCC[C@@H]1COC(=O)N[C@H](CB(O)O)c1ccccc1. The predicted octanol–water partition coefficient (Wildman–Crippen LogP) is 1.10. The number of carbonyl (C=O) groups excluding carboxylic acids is 2. The van der Waals surface area contributed by atoms with Crippen LogP contribution in [0, 0.1) is 0 Å². The Bertz CT molecular complexity index is 596. The molecular weight excluding hydrogens is 323 g/mol. The minimum Gasteiger partial charge on any atom is -0.447 e. The van der Waals surface area contributed by atoms with Gasteiger partial charge in [0.15, 0.2) is 0 Å². The van der Waals surface area contributed by atoms with Crippen molar-refractivity contribution in [2.24, 2.45) is 0 Å². The van der Waals surface area contributed by atoms with Gasteiger partial charge in [-0.05, 0) is 24.5 Å². The molecule has 2 rings (SSSR count). The maximum Gasteiger partial charge on any atom is 0.453 e. The Morgan fingerprint density at radius 3 is 2.76 bits per heavy atom. The van der Waals surface area contributed by atoms with Crippen molar-refractivity contribution >= 4 is 19.1 Å². The Labute approximate surface area is 147 Å². The molecule has 1 aliphatic rings. The summed E-state index contributed by atoms with van der Waals surface area (Å²) in [6.07, 6.45) is 2.17. The van der Waals surface area contributed by atoms with Gasteiger partial charge in [-0.1, -0.05) is 36.9 Å². The molecule has 2 amide bonds. The number of amides is 2. The van der Waals surface area contributed by atoms with Crippen molar-refractivity contribution in [1.82, 2.24) is 10.2 Å². The first-order chi connectivity index (χ1) is 12.0. The van der Waals surface area contributed by atoms with E-state index in [1.807, 2.05) is 6.07 Å². The average molecular weight is 346 g/mol. The van der Waals surface area contributed by atoms with Gasteiger partial charge in [-0.25, -0.2) is 4.79 Å². The van der Waals surface area contributed by atoms with Gasteiger partial charge < -0.3 is 25.0 Å². The van der Waals surface area contributed by atoms with E-state index in [-0.39, 0.29) is 24.9 Å². The molecule has 0 aromatic heterocycles. The van der Waals surface area contributed by atoms with Crippen LogP contribution < -0.4 is 5.32 Å². The Kier molecular flexibility index (Phi) is 7.03. The highest BCUT2D eigenvalue weighted by molar-refractivity contribution is 6.41. The van der Waals surface area contributed by atoms with Gasteiger partial charge in [0.25, 0.3) is 0 Å². The number of carbonyl (C=O) groups is 2. The van der Waals surface area contributed by atoms with Crippen molar-refractivity contribution in [3.05, 3.63) is 48.6 Å². The van der Waals surface area contributed by atoms with Gasteiger partial charge >= 0.3 is 13.2 Å². The molecule has 7 nitrogen and oxygen atoms in total. The smallest absolute Gasteiger partial charge is 0.447 e. The summed E-state index contributed by atoms with van der Waals surface area (Å²) in [5.41, 5.74) is 0.747. The maximum absolute atomic E-state index is 12.1. The second-order valence-electron chi connectivity index (χ2n) is 5.95. The third kappa shape index (κ3) is 5.61. The molecule has 1 heterocycles. The quantitative estimate of drug-likeness (QED) is 0.507. The molecular formula is C17H23BN2O5. The van der Waals surface area contributed by atoms with Gasteiger partial charge in [-0.15, -0.1) is 0 Å². The van der Waals surface area contributed by atoms with E-state index in [0.29, 0.717) is 6.54 Å². The molecule has 0 unspecified atom stereocenters. The molecule has 25 heavy (non-hydrogen) atoms. The van der Waals surface area contributed by atoms with Crippen LogP contribution in [0.25, 0.3) is 0 Å². The summed E-state index contributed by atoms with van der Waals surface area (Å²) in [4.78, 5) is 25.5. The fourth-order valence-electron chi connectivity index (χ4n) is 2.95. The average Bonchev–Trinajstić information content (AvgIpc) is 3.07. The number of alkyl carbamates (subject to hydrolysis) is 1. The largest absolute Gasteiger partial charge is 0.453 e. The van der Waals surface area contributed by atoms with Crippen LogP contribution in [0.2, 0.25) is 6.32 Å². The van der Waals surface area contributed by atoms with E-state index in [9.17, 15) is 19.6 Å². The van der Waals surface area contributed by atoms with E-state index < -0.39 is 19.3 Å². The number of likely N-dealkylation sites (tertiary alicyclic amines) is 1. The van der Waals surface area contributed by atoms with Crippen LogP contribution in [-0.2, 0) is 9.53 Å². The summed E-state index contributed by atoms with van der Waals surface area (Å²) in [7, 11) is -1.55. The maximum atomic E-state index is 12.1. The lowest BCUT2D eigenvalue weighted by atomic mass is 9.79. The molecule has 1 aromatic rings.